The maximum Gasteiger partial charge on any atom is 0.237 e. The maximum atomic E-state index is 12.4. The first kappa shape index (κ1) is 16.6. The molecular formula is C17H26N2O3. The number of hydrogen-bond acceptors (Lipinski definition) is 4. The molecule has 122 valence electrons. The van der Waals surface area contributed by atoms with Crippen LogP contribution in [-0.4, -0.2) is 44.7 Å². The predicted octanol–water partition coefficient (Wildman–Crippen LogP) is 2.15. The third kappa shape index (κ3) is 3.35. The summed E-state index contributed by atoms with van der Waals surface area (Å²) in [4.78, 5) is 14.3. The summed E-state index contributed by atoms with van der Waals surface area (Å²) in [6, 6.07) is 4.08. The fourth-order valence-corrected chi connectivity index (χ4v) is 2.96. The van der Waals surface area contributed by atoms with Gasteiger partial charge in [-0.2, -0.15) is 0 Å². The summed E-state index contributed by atoms with van der Waals surface area (Å²) in [6.07, 6.45) is 1.88. The molecule has 1 amide bonds. The highest BCUT2D eigenvalue weighted by Crippen LogP contribution is 2.37. The molecule has 5 nitrogen and oxygen atoms in total. The molecule has 0 bridgehead atoms. The Kier molecular flexibility index (Phi) is 5.66. The van der Waals surface area contributed by atoms with E-state index in [-0.39, 0.29) is 11.9 Å². The van der Waals surface area contributed by atoms with Crippen molar-refractivity contribution in [2.45, 2.75) is 32.7 Å². The van der Waals surface area contributed by atoms with Gasteiger partial charge in [0.05, 0.1) is 26.8 Å². The zero-order chi connectivity index (χ0) is 16.1. The average molecular weight is 306 g/mol. The van der Waals surface area contributed by atoms with Crippen molar-refractivity contribution in [2.24, 2.45) is 0 Å². The van der Waals surface area contributed by atoms with Gasteiger partial charge >= 0.3 is 0 Å². The lowest BCUT2D eigenvalue weighted by Crippen LogP contribution is -2.43. The van der Waals surface area contributed by atoms with Crippen molar-refractivity contribution in [1.82, 2.24) is 10.2 Å². The monoisotopic (exact) mass is 306 g/mol. The summed E-state index contributed by atoms with van der Waals surface area (Å²) in [7, 11) is 3.28. The molecule has 1 aliphatic rings. The number of fused-ring (bicyclic) bond motifs is 1. The first-order chi connectivity index (χ1) is 10.6. The van der Waals surface area contributed by atoms with Crippen LogP contribution in [0.2, 0.25) is 0 Å². The molecule has 1 aromatic carbocycles. The number of benzene rings is 1. The van der Waals surface area contributed by atoms with E-state index < -0.39 is 0 Å². The molecule has 0 fully saturated rings. The second kappa shape index (κ2) is 7.49. The largest absolute Gasteiger partial charge is 0.493 e. The number of carbonyl (C=O) groups is 1. The van der Waals surface area contributed by atoms with Gasteiger partial charge in [-0.05, 0) is 49.6 Å². The Labute approximate surface area is 132 Å². The third-order valence-corrected chi connectivity index (χ3v) is 4.21. The zero-order valence-electron chi connectivity index (χ0n) is 13.9. The molecule has 0 saturated carbocycles. The fourth-order valence-electron chi connectivity index (χ4n) is 2.96. The van der Waals surface area contributed by atoms with Crippen LogP contribution in [0, 0.1) is 0 Å². The van der Waals surface area contributed by atoms with Crippen molar-refractivity contribution in [3.8, 4) is 11.5 Å². The van der Waals surface area contributed by atoms with Gasteiger partial charge in [0.15, 0.2) is 11.5 Å². The van der Waals surface area contributed by atoms with E-state index in [1.807, 2.05) is 17.0 Å². The van der Waals surface area contributed by atoms with Crippen molar-refractivity contribution in [3.63, 3.8) is 0 Å². The average Bonchev–Trinajstić information content (AvgIpc) is 2.54. The number of nitrogens with zero attached hydrogens (tertiary/aromatic N) is 1. The lowest BCUT2D eigenvalue weighted by molar-refractivity contribution is -0.132. The number of amides is 1. The minimum atomic E-state index is 0.0551. The van der Waals surface area contributed by atoms with Crippen LogP contribution in [0.4, 0.5) is 0 Å². The van der Waals surface area contributed by atoms with Crippen LogP contribution in [-0.2, 0) is 11.2 Å². The van der Waals surface area contributed by atoms with E-state index in [2.05, 4.69) is 19.2 Å². The molecule has 0 aliphatic carbocycles. The van der Waals surface area contributed by atoms with Crippen LogP contribution in [0.25, 0.3) is 0 Å². The van der Waals surface area contributed by atoms with Crippen LogP contribution in [0.5, 0.6) is 11.5 Å². The molecule has 0 unspecified atom stereocenters. The van der Waals surface area contributed by atoms with E-state index in [9.17, 15) is 4.79 Å². The first-order valence-electron chi connectivity index (χ1n) is 7.87. The van der Waals surface area contributed by atoms with Gasteiger partial charge in [-0.1, -0.05) is 6.92 Å². The first-order valence-corrected chi connectivity index (χ1v) is 7.87. The van der Waals surface area contributed by atoms with Gasteiger partial charge < -0.3 is 19.7 Å². The van der Waals surface area contributed by atoms with Gasteiger partial charge in [-0.25, -0.2) is 0 Å². The molecular weight excluding hydrogens is 280 g/mol. The Morgan fingerprint density at radius 3 is 2.64 bits per heavy atom. The quantitative estimate of drug-likeness (QED) is 0.818. The second-order valence-electron chi connectivity index (χ2n) is 5.60. The number of methoxy groups -OCH3 is 2. The van der Waals surface area contributed by atoms with Gasteiger partial charge in [-0.3, -0.25) is 4.79 Å². The summed E-state index contributed by atoms with van der Waals surface area (Å²) in [5.74, 6) is 1.62. The van der Waals surface area contributed by atoms with Gasteiger partial charge in [0, 0.05) is 6.54 Å². The summed E-state index contributed by atoms with van der Waals surface area (Å²) in [5, 5.41) is 3.18. The van der Waals surface area contributed by atoms with Gasteiger partial charge in [-0.15, -0.1) is 0 Å². The number of nitrogens with one attached hydrogen (secondary N) is 1. The molecule has 0 radical (unpaired) electrons. The summed E-state index contributed by atoms with van der Waals surface area (Å²) >= 11 is 0. The van der Waals surface area contributed by atoms with Crippen molar-refractivity contribution in [2.75, 3.05) is 33.9 Å². The smallest absolute Gasteiger partial charge is 0.237 e. The Morgan fingerprint density at radius 1 is 1.32 bits per heavy atom. The molecule has 5 heteroatoms. The van der Waals surface area contributed by atoms with Gasteiger partial charge in [0.25, 0.3) is 0 Å². The molecule has 1 aromatic rings. The Morgan fingerprint density at radius 2 is 2.00 bits per heavy atom. The molecule has 1 N–H and O–H groups in total. The standard InChI is InChI=1S/C17H26N2O3/c1-5-7-18-11-17(20)19-8-6-13-9-15(21-3)16(22-4)10-14(13)12(19)2/h9-10,12,18H,5-8,11H2,1-4H3/t12-/m0/s1. The van der Waals surface area contributed by atoms with E-state index in [1.165, 1.54) is 5.56 Å². The van der Waals surface area contributed by atoms with E-state index in [0.717, 1.165) is 37.2 Å². The van der Waals surface area contributed by atoms with Crippen LogP contribution in [0.15, 0.2) is 12.1 Å². The summed E-state index contributed by atoms with van der Waals surface area (Å²) < 4.78 is 10.7. The highest BCUT2D eigenvalue weighted by Gasteiger charge is 2.28. The van der Waals surface area contributed by atoms with Crippen molar-refractivity contribution in [3.05, 3.63) is 23.3 Å². The molecule has 0 spiro atoms. The molecule has 0 aromatic heterocycles. The highest BCUT2D eigenvalue weighted by molar-refractivity contribution is 5.79. The SMILES string of the molecule is CCCNCC(=O)N1CCc2cc(OC)c(OC)cc2[C@@H]1C. The summed E-state index contributed by atoms with van der Waals surface area (Å²) in [6.45, 7) is 6.19. The van der Waals surface area contributed by atoms with E-state index in [4.69, 9.17) is 9.47 Å². The molecule has 1 atom stereocenters. The molecule has 0 saturated heterocycles. The highest BCUT2D eigenvalue weighted by atomic mass is 16.5. The van der Waals surface area contributed by atoms with E-state index in [0.29, 0.717) is 12.3 Å². The summed E-state index contributed by atoms with van der Waals surface area (Å²) in [5.41, 5.74) is 2.38. The topological polar surface area (TPSA) is 50.8 Å². The normalized spacial score (nSPS) is 17.1. The number of carbonyl (C=O) groups excluding carboxylic acids is 1. The van der Waals surface area contributed by atoms with Gasteiger partial charge in [0.1, 0.15) is 0 Å². The van der Waals surface area contributed by atoms with Crippen LogP contribution in [0.3, 0.4) is 0 Å². The number of ether oxygens (including phenoxy) is 2. The minimum absolute atomic E-state index is 0.0551. The molecule has 1 heterocycles. The second-order valence-corrected chi connectivity index (χ2v) is 5.60. The lowest BCUT2D eigenvalue weighted by atomic mass is 9.92. The van der Waals surface area contributed by atoms with Gasteiger partial charge in [0.2, 0.25) is 5.91 Å². The zero-order valence-corrected chi connectivity index (χ0v) is 13.9. The number of rotatable bonds is 6. The lowest BCUT2D eigenvalue weighted by Gasteiger charge is -2.36. The van der Waals surface area contributed by atoms with Crippen molar-refractivity contribution >= 4 is 5.91 Å². The Hall–Kier alpha value is -1.75. The maximum absolute atomic E-state index is 12.4. The Balaban J connectivity index is 2.18. The van der Waals surface area contributed by atoms with Crippen molar-refractivity contribution < 1.29 is 14.3 Å². The van der Waals surface area contributed by atoms with Crippen LogP contribution < -0.4 is 14.8 Å². The van der Waals surface area contributed by atoms with E-state index >= 15 is 0 Å². The molecule has 1 aliphatic heterocycles. The fraction of sp³-hybridized carbons (Fsp3) is 0.588. The van der Waals surface area contributed by atoms with Crippen molar-refractivity contribution in [1.29, 1.82) is 0 Å². The minimum Gasteiger partial charge on any atom is -0.493 e. The number of hydrogen-bond donors (Lipinski definition) is 1. The molecule has 22 heavy (non-hydrogen) atoms. The predicted molar refractivity (Wildman–Crippen MR) is 86.5 cm³/mol. The van der Waals surface area contributed by atoms with E-state index in [1.54, 1.807) is 14.2 Å². The van der Waals surface area contributed by atoms with Crippen LogP contribution >= 0.6 is 0 Å². The molecule has 2 rings (SSSR count). The Bertz CT molecular complexity index is 531. The van der Waals surface area contributed by atoms with Crippen LogP contribution in [0.1, 0.15) is 37.4 Å². The third-order valence-electron chi connectivity index (χ3n) is 4.21.